The number of rotatable bonds is 6. The molecule has 0 saturated carbocycles. The summed E-state index contributed by atoms with van der Waals surface area (Å²) in [5.41, 5.74) is -0.505. The lowest BCUT2D eigenvalue weighted by atomic mass is 9.66. The van der Waals surface area contributed by atoms with Crippen LogP contribution in [-0.2, 0) is 24.6 Å². The summed E-state index contributed by atoms with van der Waals surface area (Å²) >= 11 is 1.40. The van der Waals surface area contributed by atoms with Crippen molar-refractivity contribution in [3.8, 4) is 0 Å². The Balaban J connectivity index is 2.00. The maximum absolute atomic E-state index is 12.9. The summed E-state index contributed by atoms with van der Waals surface area (Å²) in [5.74, 6) is -0.270. The molecule has 0 bridgehead atoms. The van der Waals surface area contributed by atoms with E-state index in [9.17, 15) is 18.3 Å². The molecule has 2 atom stereocenters. The molecule has 0 spiro atoms. The number of aliphatic hydroxyl groups is 1. The molecule has 0 amide bonds. The highest BCUT2D eigenvalue weighted by molar-refractivity contribution is 7.09. The standard InChI is InChI=1S/C24H26F3NOS/c1-22(2,3)20(15-17-9-11-19(12-10-17)24(25,26)27)23(29,21-28-13-14-30-21)16-18-7-5-4-6-8-18/h4-14,20,29H,15-16H2,1-3H3/t20-,23-/m0/s1. The van der Waals surface area contributed by atoms with Crippen molar-refractivity contribution in [1.29, 1.82) is 0 Å². The Morgan fingerprint density at radius 2 is 1.57 bits per heavy atom. The van der Waals surface area contributed by atoms with E-state index in [4.69, 9.17) is 0 Å². The minimum atomic E-state index is -4.36. The van der Waals surface area contributed by atoms with Crippen LogP contribution in [0.5, 0.6) is 0 Å². The van der Waals surface area contributed by atoms with Crippen LogP contribution in [0, 0.1) is 11.3 Å². The largest absolute Gasteiger partial charge is 0.416 e. The van der Waals surface area contributed by atoms with Gasteiger partial charge in [0, 0.05) is 23.9 Å². The minimum absolute atomic E-state index is 0.270. The number of hydrogen-bond donors (Lipinski definition) is 1. The van der Waals surface area contributed by atoms with Gasteiger partial charge in [0.2, 0.25) is 0 Å². The van der Waals surface area contributed by atoms with Gasteiger partial charge in [0.1, 0.15) is 10.6 Å². The van der Waals surface area contributed by atoms with Gasteiger partial charge >= 0.3 is 6.18 Å². The first-order chi connectivity index (χ1) is 14.0. The molecule has 30 heavy (non-hydrogen) atoms. The second-order valence-electron chi connectivity index (χ2n) is 8.74. The topological polar surface area (TPSA) is 33.1 Å². The summed E-state index contributed by atoms with van der Waals surface area (Å²) in [7, 11) is 0. The van der Waals surface area contributed by atoms with Crippen LogP contribution in [0.2, 0.25) is 0 Å². The number of hydrogen-bond acceptors (Lipinski definition) is 3. The predicted molar refractivity (Wildman–Crippen MR) is 114 cm³/mol. The fourth-order valence-corrected chi connectivity index (χ4v) is 4.74. The van der Waals surface area contributed by atoms with E-state index in [1.165, 1.54) is 23.5 Å². The van der Waals surface area contributed by atoms with Crippen LogP contribution in [0.1, 0.15) is 42.5 Å². The lowest BCUT2D eigenvalue weighted by molar-refractivity contribution is -0.137. The third-order valence-corrected chi connectivity index (χ3v) is 6.40. The van der Waals surface area contributed by atoms with Gasteiger partial charge in [0.15, 0.2) is 0 Å². The molecule has 3 aromatic rings. The molecule has 1 N–H and O–H groups in total. The van der Waals surface area contributed by atoms with Crippen molar-refractivity contribution in [3.63, 3.8) is 0 Å². The number of aromatic nitrogens is 1. The highest BCUT2D eigenvalue weighted by Gasteiger charge is 2.46. The van der Waals surface area contributed by atoms with Crippen LogP contribution in [0.15, 0.2) is 66.2 Å². The van der Waals surface area contributed by atoms with E-state index in [0.717, 1.165) is 23.3 Å². The molecule has 0 fully saturated rings. The zero-order valence-corrected chi connectivity index (χ0v) is 18.1. The zero-order chi connectivity index (χ0) is 22.0. The average molecular weight is 434 g/mol. The first-order valence-corrected chi connectivity index (χ1v) is 10.7. The van der Waals surface area contributed by atoms with Gasteiger partial charge in [0.25, 0.3) is 0 Å². The van der Waals surface area contributed by atoms with E-state index in [1.807, 2.05) is 56.5 Å². The molecule has 3 rings (SSSR count). The van der Waals surface area contributed by atoms with Crippen LogP contribution in [0.3, 0.4) is 0 Å². The molecule has 1 aromatic heterocycles. The molecule has 0 aliphatic rings. The van der Waals surface area contributed by atoms with Crippen LogP contribution in [-0.4, -0.2) is 10.1 Å². The van der Waals surface area contributed by atoms with E-state index in [-0.39, 0.29) is 11.3 Å². The van der Waals surface area contributed by atoms with E-state index in [0.29, 0.717) is 17.8 Å². The number of nitrogens with zero attached hydrogens (tertiary/aromatic N) is 1. The number of benzene rings is 2. The highest BCUT2D eigenvalue weighted by atomic mass is 32.1. The molecule has 0 aliphatic carbocycles. The van der Waals surface area contributed by atoms with Crippen LogP contribution in [0.4, 0.5) is 13.2 Å². The van der Waals surface area contributed by atoms with Crippen LogP contribution < -0.4 is 0 Å². The van der Waals surface area contributed by atoms with Crippen molar-refractivity contribution >= 4 is 11.3 Å². The second kappa shape index (κ2) is 8.52. The molecule has 2 aromatic carbocycles. The third kappa shape index (κ3) is 5.10. The molecular formula is C24H26F3NOS. The number of alkyl halides is 3. The summed E-state index contributed by atoms with van der Waals surface area (Å²) < 4.78 is 38.8. The first kappa shape index (κ1) is 22.5. The fraction of sp³-hybridized carbons (Fsp3) is 0.375. The molecule has 6 heteroatoms. The molecule has 0 aliphatic heterocycles. The van der Waals surface area contributed by atoms with Crippen molar-refractivity contribution in [2.24, 2.45) is 11.3 Å². The molecule has 2 nitrogen and oxygen atoms in total. The average Bonchev–Trinajstić information content (AvgIpc) is 3.21. The van der Waals surface area contributed by atoms with Gasteiger partial charge in [0.05, 0.1) is 5.56 Å². The Bertz CT molecular complexity index is 931. The van der Waals surface area contributed by atoms with Gasteiger partial charge in [-0.2, -0.15) is 13.2 Å². The Morgan fingerprint density at radius 1 is 0.933 bits per heavy atom. The van der Waals surface area contributed by atoms with Gasteiger partial charge in [-0.05, 0) is 35.1 Å². The van der Waals surface area contributed by atoms with Crippen molar-refractivity contribution in [1.82, 2.24) is 4.98 Å². The van der Waals surface area contributed by atoms with Crippen molar-refractivity contribution in [2.45, 2.75) is 45.4 Å². The zero-order valence-electron chi connectivity index (χ0n) is 17.3. The maximum Gasteiger partial charge on any atom is 0.416 e. The number of thiazole rings is 1. The normalized spacial score (nSPS) is 15.6. The van der Waals surface area contributed by atoms with Crippen molar-refractivity contribution < 1.29 is 18.3 Å². The van der Waals surface area contributed by atoms with Gasteiger partial charge in [-0.15, -0.1) is 11.3 Å². The second-order valence-corrected chi connectivity index (χ2v) is 9.64. The van der Waals surface area contributed by atoms with E-state index >= 15 is 0 Å². The summed E-state index contributed by atoms with van der Waals surface area (Å²) in [5, 5.41) is 14.5. The van der Waals surface area contributed by atoms with Crippen LogP contribution >= 0.6 is 11.3 Å². The molecule has 0 unspecified atom stereocenters. The smallest absolute Gasteiger partial charge is 0.382 e. The summed E-state index contributed by atoms with van der Waals surface area (Å²) in [6.45, 7) is 6.14. The molecular weight excluding hydrogens is 407 g/mol. The highest BCUT2D eigenvalue weighted by Crippen LogP contribution is 2.45. The monoisotopic (exact) mass is 433 g/mol. The first-order valence-electron chi connectivity index (χ1n) is 9.82. The Kier molecular flexibility index (Phi) is 6.39. The molecule has 0 radical (unpaired) electrons. The Morgan fingerprint density at radius 3 is 2.07 bits per heavy atom. The predicted octanol–water partition coefficient (Wildman–Crippen LogP) is 6.50. The summed E-state index contributed by atoms with van der Waals surface area (Å²) in [6.07, 6.45) is -1.88. The summed E-state index contributed by atoms with van der Waals surface area (Å²) in [6, 6.07) is 14.9. The molecule has 1 heterocycles. The van der Waals surface area contributed by atoms with Crippen molar-refractivity contribution in [2.75, 3.05) is 0 Å². The minimum Gasteiger partial charge on any atom is -0.382 e. The Labute approximate surface area is 179 Å². The SMILES string of the molecule is CC(C)(C)[C@H](Cc1ccc(C(F)(F)F)cc1)[C@@](O)(Cc1ccccc1)c1nccs1. The van der Waals surface area contributed by atoms with Gasteiger partial charge in [-0.1, -0.05) is 63.2 Å². The van der Waals surface area contributed by atoms with Crippen molar-refractivity contribution in [3.05, 3.63) is 87.9 Å². The van der Waals surface area contributed by atoms with E-state index in [1.54, 1.807) is 6.20 Å². The third-order valence-electron chi connectivity index (χ3n) is 5.46. The van der Waals surface area contributed by atoms with Gasteiger partial charge < -0.3 is 5.11 Å². The lowest BCUT2D eigenvalue weighted by Crippen LogP contribution is -2.45. The fourth-order valence-electron chi connectivity index (χ4n) is 3.95. The maximum atomic E-state index is 12.9. The molecule has 160 valence electrons. The lowest BCUT2D eigenvalue weighted by Gasteiger charge is -2.43. The number of halogens is 3. The molecule has 0 saturated heterocycles. The summed E-state index contributed by atoms with van der Waals surface area (Å²) in [4.78, 5) is 4.43. The quantitative estimate of drug-likeness (QED) is 0.481. The van der Waals surface area contributed by atoms with E-state index in [2.05, 4.69) is 4.98 Å². The Hall–Kier alpha value is -2.18. The van der Waals surface area contributed by atoms with Crippen LogP contribution in [0.25, 0.3) is 0 Å². The van der Waals surface area contributed by atoms with Gasteiger partial charge in [-0.3, -0.25) is 0 Å². The van der Waals surface area contributed by atoms with Gasteiger partial charge in [-0.25, -0.2) is 4.98 Å². The van der Waals surface area contributed by atoms with E-state index < -0.39 is 17.3 Å².